The van der Waals surface area contributed by atoms with Crippen LogP contribution in [0.5, 0.6) is 5.75 Å². The summed E-state index contributed by atoms with van der Waals surface area (Å²) >= 11 is 0. The molecular weight excluding hydrogens is 335 g/mol. The number of rotatable bonds is 5. The number of nitrogens with one attached hydrogen (secondary N) is 1. The monoisotopic (exact) mass is 358 g/mol. The number of aliphatic hydroxyl groups is 1. The molecule has 1 aromatic carbocycles. The molecule has 138 valence electrons. The van der Waals surface area contributed by atoms with E-state index in [0.29, 0.717) is 43.4 Å². The first-order chi connectivity index (χ1) is 12.5. The molecule has 1 aromatic heterocycles. The van der Waals surface area contributed by atoms with Crippen molar-refractivity contribution in [2.24, 2.45) is 0 Å². The summed E-state index contributed by atoms with van der Waals surface area (Å²) in [4.78, 5) is 16.2. The molecule has 0 atom stereocenters. The van der Waals surface area contributed by atoms with Gasteiger partial charge < -0.3 is 15.5 Å². The maximum atomic E-state index is 13.6. The second kappa shape index (κ2) is 7.83. The van der Waals surface area contributed by atoms with Crippen molar-refractivity contribution in [3.05, 3.63) is 59.7 Å². The normalized spacial score (nSPS) is 22.8. The van der Waals surface area contributed by atoms with Gasteiger partial charge in [-0.3, -0.25) is 9.78 Å². The van der Waals surface area contributed by atoms with Crippen molar-refractivity contribution < 1.29 is 19.4 Å². The van der Waals surface area contributed by atoms with E-state index in [-0.39, 0.29) is 29.9 Å². The predicted molar refractivity (Wildman–Crippen MR) is 94.9 cm³/mol. The number of aryl methyl sites for hydroxylation is 1. The molecule has 6 heteroatoms. The number of carbonyl (C=O) groups is 1. The third-order valence-electron chi connectivity index (χ3n) is 4.98. The minimum Gasteiger partial charge on any atom is -0.506 e. The summed E-state index contributed by atoms with van der Waals surface area (Å²) in [6.07, 6.45) is 4.19. The number of benzene rings is 1. The van der Waals surface area contributed by atoms with E-state index in [4.69, 9.17) is 0 Å². The molecule has 1 fully saturated rings. The highest BCUT2D eigenvalue weighted by atomic mass is 19.1. The Kier molecular flexibility index (Phi) is 5.52. The summed E-state index contributed by atoms with van der Waals surface area (Å²) in [6.45, 7) is 0. The maximum Gasteiger partial charge on any atom is 0.220 e. The van der Waals surface area contributed by atoms with Gasteiger partial charge in [-0.1, -0.05) is 18.2 Å². The quantitative estimate of drug-likeness (QED) is 0.768. The van der Waals surface area contributed by atoms with Crippen molar-refractivity contribution in [1.29, 1.82) is 0 Å². The summed E-state index contributed by atoms with van der Waals surface area (Å²) in [5.41, 5.74) is 0.0564. The van der Waals surface area contributed by atoms with Gasteiger partial charge >= 0.3 is 0 Å². The molecule has 3 N–H and O–H groups in total. The zero-order chi connectivity index (χ0) is 18.6. The molecule has 5 nitrogen and oxygen atoms in total. The first kappa shape index (κ1) is 18.3. The third kappa shape index (κ3) is 4.38. The van der Waals surface area contributed by atoms with Crippen LogP contribution in [0.4, 0.5) is 4.39 Å². The number of carbonyl (C=O) groups excluding carboxylic acids is 1. The number of pyridine rings is 1. The molecule has 0 unspecified atom stereocenters. The minimum atomic E-state index is -1.03. The Morgan fingerprint density at radius 3 is 2.62 bits per heavy atom. The smallest absolute Gasteiger partial charge is 0.220 e. The zero-order valence-electron chi connectivity index (χ0n) is 14.5. The molecule has 1 aliphatic carbocycles. The number of nitrogens with zero attached hydrogens (tertiary/aromatic N) is 1. The number of halogens is 1. The zero-order valence-corrected chi connectivity index (χ0v) is 14.5. The fourth-order valence-electron chi connectivity index (χ4n) is 3.41. The number of amides is 1. The van der Waals surface area contributed by atoms with Crippen molar-refractivity contribution in [3.8, 4) is 5.75 Å². The summed E-state index contributed by atoms with van der Waals surface area (Å²) in [6, 6.07) is 9.61. The molecule has 1 amide bonds. The van der Waals surface area contributed by atoms with Crippen LogP contribution in [0.25, 0.3) is 0 Å². The number of aromatic nitrogens is 1. The lowest BCUT2D eigenvalue weighted by Gasteiger charge is -2.35. The van der Waals surface area contributed by atoms with Crippen molar-refractivity contribution >= 4 is 5.91 Å². The Morgan fingerprint density at radius 2 is 1.96 bits per heavy atom. The standard InChI is InChI=1S/C20H23FN2O3/c21-17-4-2-1-3-14(17)5-8-19(25)23-15-9-11-20(26,12-10-15)18-7-6-16(24)13-22-18/h1-4,6-7,13,15,24,26H,5,8-12H2,(H,23,25)/t15-,20+. The van der Waals surface area contributed by atoms with E-state index in [1.807, 2.05) is 0 Å². The number of hydrogen-bond donors (Lipinski definition) is 3. The van der Waals surface area contributed by atoms with E-state index in [9.17, 15) is 19.4 Å². The van der Waals surface area contributed by atoms with Gasteiger partial charge in [0.2, 0.25) is 5.91 Å². The van der Waals surface area contributed by atoms with Crippen LogP contribution in [0.2, 0.25) is 0 Å². The van der Waals surface area contributed by atoms with Crippen molar-refractivity contribution in [2.45, 2.75) is 50.2 Å². The van der Waals surface area contributed by atoms with E-state index in [0.717, 1.165) is 0 Å². The first-order valence-corrected chi connectivity index (χ1v) is 8.87. The topological polar surface area (TPSA) is 82.5 Å². The highest BCUT2D eigenvalue weighted by Gasteiger charge is 2.36. The highest BCUT2D eigenvalue weighted by molar-refractivity contribution is 5.76. The van der Waals surface area contributed by atoms with Gasteiger partial charge in [0.1, 0.15) is 17.2 Å². The van der Waals surface area contributed by atoms with Crippen LogP contribution < -0.4 is 5.32 Å². The Hall–Kier alpha value is -2.47. The van der Waals surface area contributed by atoms with Gasteiger partial charge in [0.25, 0.3) is 0 Å². The SMILES string of the molecule is O=C(CCc1ccccc1F)N[C@H]1CC[C@](O)(c2ccc(O)cn2)CC1. The van der Waals surface area contributed by atoms with E-state index >= 15 is 0 Å². The molecule has 0 spiro atoms. The van der Waals surface area contributed by atoms with Crippen LogP contribution >= 0.6 is 0 Å². The van der Waals surface area contributed by atoms with Gasteiger partial charge in [0, 0.05) is 12.5 Å². The first-order valence-electron chi connectivity index (χ1n) is 8.87. The molecular formula is C20H23FN2O3. The van der Waals surface area contributed by atoms with Crippen LogP contribution in [0.3, 0.4) is 0 Å². The van der Waals surface area contributed by atoms with Crippen LogP contribution in [-0.2, 0) is 16.8 Å². The molecule has 0 aliphatic heterocycles. The highest BCUT2D eigenvalue weighted by Crippen LogP contribution is 2.36. The minimum absolute atomic E-state index is 0.000473. The van der Waals surface area contributed by atoms with Crippen LogP contribution in [0.15, 0.2) is 42.6 Å². The van der Waals surface area contributed by atoms with Crippen molar-refractivity contribution in [1.82, 2.24) is 10.3 Å². The lowest BCUT2D eigenvalue weighted by Crippen LogP contribution is -2.42. The van der Waals surface area contributed by atoms with Crippen LogP contribution in [0, 0.1) is 5.82 Å². The molecule has 26 heavy (non-hydrogen) atoms. The molecule has 2 aromatic rings. The molecule has 0 radical (unpaired) electrons. The Balaban J connectivity index is 1.48. The van der Waals surface area contributed by atoms with Gasteiger partial charge in [0.15, 0.2) is 0 Å². The Morgan fingerprint density at radius 1 is 1.23 bits per heavy atom. The predicted octanol–water partition coefficient (Wildman–Crippen LogP) is 2.81. The lowest BCUT2D eigenvalue weighted by atomic mass is 9.80. The third-order valence-corrected chi connectivity index (χ3v) is 4.98. The van der Waals surface area contributed by atoms with E-state index < -0.39 is 5.60 Å². The molecule has 1 heterocycles. The van der Waals surface area contributed by atoms with Crippen LogP contribution in [-0.4, -0.2) is 27.1 Å². The molecule has 3 rings (SSSR count). The van der Waals surface area contributed by atoms with Crippen molar-refractivity contribution in [2.75, 3.05) is 0 Å². The second-order valence-electron chi connectivity index (χ2n) is 6.87. The van der Waals surface area contributed by atoms with Gasteiger partial charge in [-0.25, -0.2) is 4.39 Å². The molecule has 0 bridgehead atoms. The number of aromatic hydroxyl groups is 1. The molecule has 1 saturated carbocycles. The van der Waals surface area contributed by atoms with Gasteiger partial charge in [-0.05, 0) is 55.9 Å². The second-order valence-corrected chi connectivity index (χ2v) is 6.87. The van der Waals surface area contributed by atoms with E-state index in [1.165, 1.54) is 18.3 Å². The largest absolute Gasteiger partial charge is 0.506 e. The Bertz CT molecular complexity index is 756. The average molecular weight is 358 g/mol. The average Bonchev–Trinajstić information content (AvgIpc) is 2.64. The molecule has 1 aliphatic rings. The van der Waals surface area contributed by atoms with E-state index in [2.05, 4.69) is 10.3 Å². The number of hydrogen-bond acceptors (Lipinski definition) is 4. The van der Waals surface area contributed by atoms with Crippen LogP contribution in [0.1, 0.15) is 43.4 Å². The molecule has 0 saturated heterocycles. The summed E-state index contributed by atoms with van der Waals surface area (Å²) in [5, 5.41) is 23.1. The van der Waals surface area contributed by atoms with Gasteiger partial charge in [0.05, 0.1) is 11.9 Å². The summed E-state index contributed by atoms with van der Waals surface area (Å²) < 4.78 is 13.6. The summed E-state index contributed by atoms with van der Waals surface area (Å²) in [7, 11) is 0. The van der Waals surface area contributed by atoms with Gasteiger partial charge in [-0.15, -0.1) is 0 Å². The lowest BCUT2D eigenvalue weighted by molar-refractivity contribution is -0.122. The fraction of sp³-hybridized carbons (Fsp3) is 0.400. The Labute approximate surface area is 151 Å². The van der Waals surface area contributed by atoms with Crippen molar-refractivity contribution in [3.63, 3.8) is 0 Å². The summed E-state index contributed by atoms with van der Waals surface area (Å²) in [5.74, 6) is -0.330. The van der Waals surface area contributed by atoms with Gasteiger partial charge in [-0.2, -0.15) is 0 Å². The fourth-order valence-corrected chi connectivity index (χ4v) is 3.41. The maximum absolute atomic E-state index is 13.6. The van der Waals surface area contributed by atoms with E-state index in [1.54, 1.807) is 24.3 Å².